The quantitative estimate of drug-likeness (QED) is 0.691. The summed E-state index contributed by atoms with van der Waals surface area (Å²) in [5, 5.41) is 22.6. The van der Waals surface area contributed by atoms with Crippen LogP contribution in [0.4, 0.5) is 10.2 Å². The van der Waals surface area contributed by atoms with Gasteiger partial charge in [-0.15, -0.1) is 10.2 Å². The normalized spacial score (nSPS) is 27.9. The number of phenols is 1. The molecule has 0 amide bonds. The smallest absolute Gasteiger partial charge is 0.151 e. The molecule has 5 rings (SSSR count). The van der Waals surface area contributed by atoms with Crippen molar-refractivity contribution in [3.63, 3.8) is 0 Å². The van der Waals surface area contributed by atoms with Crippen molar-refractivity contribution >= 4 is 5.82 Å². The highest BCUT2D eigenvalue weighted by atomic mass is 19.1. The number of nitrogens with zero attached hydrogens (tertiary/aromatic N) is 5. The summed E-state index contributed by atoms with van der Waals surface area (Å²) in [5.74, 6) is 0.745. The number of anilines is 1. The second-order valence-electron chi connectivity index (χ2n) is 8.56. The maximum atomic E-state index is 15.2. The van der Waals surface area contributed by atoms with E-state index in [1.807, 2.05) is 47.8 Å². The van der Waals surface area contributed by atoms with Gasteiger partial charge in [0.1, 0.15) is 11.9 Å². The van der Waals surface area contributed by atoms with Gasteiger partial charge >= 0.3 is 0 Å². The highest BCUT2D eigenvalue weighted by molar-refractivity contribution is 5.69. The van der Waals surface area contributed by atoms with Gasteiger partial charge in [0.2, 0.25) is 0 Å². The summed E-state index contributed by atoms with van der Waals surface area (Å²) in [5.41, 5.74) is 1.51. The molecule has 2 fully saturated rings. The number of halogens is 1. The number of hydrogen-bond acceptors (Lipinski definition) is 6. The number of piperidine rings is 1. The number of benzene rings is 1. The minimum Gasteiger partial charge on any atom is -0.507 e. The van der Waals surface area contributed by atoms with E-state index in [0.717, 1.165) is 24.9 Å². The number of phenolic OH excluding ortho intramolecular Hbond substituents is 1. The van der Waals surface area contributed by atoms with E-state index in [1.54, 1.807) is 24.7 Å². The van der Waals surface area contributed by atoms with Gasteiger partial charge in [-0.25, -0.2) is 9.37 Å². The topological polar surface area (TPSA) is 79.1 Å². The summed E-state index contributed by atoms with van der Waals surface area (Å²) in [4.78, 5) is 5.92. The van der Waals surface area contributed by atoms with Crippen LogP contribution in [-0.2, 0) is 0 Å². The zero-order valence-electron chi connectivity index (χ0n) is 17.0. The third-order valence-corrected chi connectivity index (χ3v) is 6.59. The number of nitrogens with one attached hydrogen (secondary N) is 1. The summed E-state index contributed by atoms with van der Waals surface area (Å²) in [6, 6.07) is 9.13. The van der Waals surface area contributed by atoms with Gasteiger partial charge in [-0.3, -0.25) is 0 Å². The largest absolute Gasteiger partial charge is 0.507 e. The summed E-state index contributed by atoms with van der Waals surface area (Å²) in [6.45, 7) is 1.97. The molecule has 0 aliphatic carbocycles. The highest BCUT2D eigenvalue weighted by Crippen LogP contribution is 2.40. The number of hydrogen-bond donors (Lipinski definition) is 2. The lowest BCUT2D eigenvalue weighted by molar-refractivity contribution is 0.111. The average Bonchev–Trinajstić information content (AvgIpc) is 3.40. The number of imidazole rings is 1. The first kappa shape index (κ1) is 19.0. The number of alkyl halides is 1. The van der Waals surface area contributed by atoms with E-state index in [2.05, 4.69) is 20.5 Å². The lowest BCUT2D eigenvalue weighted by atomic mass is 9.86. The lowest BCUT2D eigenvalue weighted by Crippen LogP contribution is -2.62. The molecule has 0 radical (unpaired) electrons. The molecule has 2 saturated heterocycles. The number of aromatic hydroxyl groups is 1. The average molecular weight is 408 g/mol. The van der Waals surface area contributed by atoms with Crippen LogP contribution < -0.4 is 10.2 Å². The molecular weight excluding hydrogens is 383 g/mol. The fourth-order valence-electron chi connectivity index (χ4n) is 4.80. The van der Waals surface area contributed by atoms with E-state index in [1.165, 1.54) is 0 Å². The van der Waals surface area contributed by atoms with E-state index in [-0.39, 0.29) is 11.8 Å². The van der Waals surface area contributed by atoms with E-state index in [4.69, 9.17) is 0 Å². The first-order chi connectivity index (χ1) is 14.4. The van der Waals surface area contributed by atoms with Crippen LogP contribution in [0.15, 0.2) is 49.1 Å². The van der Waals surface area contributed by atoms with E-state index in [9.17, 15) is 5.11 Å². The van der Waals surface area contributed by atoms with Crippen LogP contribution in [0.2, 0.25) is 0 Å². The third kappa shape index (κ3) is 3.11. The van der Waals surface area contributed by atoms with Gasteiger partial charge < -0.3 is 19.9 Å². The predicted molar refractivity (Wildman–Crippen MR) is 113 cm³/mol. The molecule has 156 valence electrons. The minimum absolute atomic E-state index is 0.114. The summed E-state index contributed by atoms with van der Waals surface area (Å²) in [7, 11) is 1.88. The maximum absolute atomic E-state index is 15.2. The van der Waals surface area contributed by atoms with Crippen LogP contribution in [0, 0.1) is 0 Å². The van der Waals surface area contributed by atoms with Gasteiger partial charge in [0.05, 0.1) is 23.8 Å². The lowest BCUT2D eigenvalue weighted by Gasteiger charge is -2.44. The number of aromatic nitrogens is 4. The molecule has 3 aromatic rings. The standard InChI is InChI=1S/C22H25FN6O/c1-22-8-7-14(25-22)11-18(21(22)23)28(2)20-6-5-17(26-27-20)16-4-3-15(12-19(16)30)29-10-9-24-13-29/h3-6,9-10,12-14,18,21,25,30H,7-8,11H2,1-2H3/t14-,18-,21-,22+/m0/s1. The fourth-order valence-corrected chi connectivity index (χ4v) is 4.80. The number of fused-ring (bicyclic) bond motifs is 2. The molecule has 2 aliphatic heterocycles. The Morgan fingerprint density at radius 2 is 2.13 bits per heavy atom. The van der Waals surface area contributed by atoms with Crippen LogP contribution in [0.1, 0.15) is 26.2 Å². The Labute approximate surface area is 174 Å². The van der Waals surface area contributed by atoms with Crippen molar-refractivity contribution in [3.05, 3.63) is 49.1 Å². The molecule has 0 unspecified atom stereocenters. The molecule has 2 aromatic heterocycles. The number of rotatable bonds is 4. The van der Waals surface area contributed by atoms with Gasteiger partial charge in [-0.05, 0) is 50.5 Å². The first-order valence-electron chi connectivity index (χ1n) is 10.2. The zero-order chi connectivity index (χ0) is 20.9. The monoisotopic (exact) mass is 408 g/mol. The molecule has 30 heavy (non-hydrogen) atoms. The van der Waals surface area contributed by atoms with Crippen LogP contribution in [0.3, 0.4) is 0 Å². The van der Waals surface area contributed by atoms with Gasteiger partial charge in [-0.1, -0.05) is 0 Å². The third-order valence-electron chi connectivity index (χ3n) is 6.59. The second kappa shape index (κ2) is 7.05. The van der Waals surface area contributed by atoms with Crippen molar-refractivity contribution < 1.29 is 9.50 Å². The van der Waals surface area contributed by atoms with Gasteiger partial charge in [-0.2, -0.15) is 0 Å². The Bertz CT molecular complexity index is 1040. The van der Waals surface area contributed by atoms with Crippen LogP contribution in [-0.4, -0.2) is 55.7 Å². The molecule has 2 aliphatic rings. The van der Waals surface area contributed by atoms with Crippen LogP contribution in [0.5, 0.6) is 5.75 Å². The molecule has 0 spiro atoms. The van der Waals surface area contributed by atoms with E-state index >= 15 is 4.39 Å². The molecule has 4 heterocycles. The van der Waals surface area contributed by atoms with Crippen molar-refractivity contribution in [2.75, 3.05) is 11.9 Å². The summed E-state index contributed by atoms with van der Waals surface area (Å²) in [6.07, 6.45) is 6.83. The van der Waals surface area contributed by atoms with Crippen LogP contribution >= 0.6 is 0 Å². The van der Waals surface area contributed by atoms with E-state index in [0.29, 0.717) is 23.1 Å². The Balaban J connectivity index is 1.37. The summed E-state index contributed by atoms with van der Waals surface area (Å²) < 4.78 is 17.0. The molecular formula is C22H25FN6O. The predicted octanol–water partition coefficient (Wildman–Crippen LogP) is 3.09. The Hall–Kier alpha value is -3.00. The molecule has 2 N–H and O–H groups in total. The van der Waals surface area contributed by atoms with Crippen LogP contribution in [0.25, 0.3) is 16.9 Å². The Kier molecular flexibility index (Phi) is 4.47. The Morgan fingerprint density at radius 1 is 1.27 bits per heavy atom. The van der Waals surface area contributed by atoms with Gasteiger partial charge in [0.15, 0.2) is 5.82 Å². The van der Waals surface area contributed by atoms with Crippen molar-refractivity contribution in [2.45, 2.75) is 50.0 Å². The van der Waals surface area contributed by atoms with Crippen molar-refractivity contribution in [1.29, 1.82) is 0 Å². The molecule has 0 saturated carbocycles. The van der Waals surface area contributed by atoms with Crippen molar-refractivity contribution in [1.82, 2.24) is 25.1 Å². The second-order valence-corrected chi connectivity index (χ2v) is 8.56. The fraction of sp³-hybridized carbons (Fsp3) is 0.409. The SMILES string of the molecule is CN(c1ccc(-c2ccc(-n3ccnc3)cc2O)nn1)[C@H]1C[C@@H]2CC[C@@](C)(N2)[C@H]1F. The maximum Gasteiger partial charge on any atom is 0.151 e. The van der Waals surface area contributed by atoms with Crippen molar-refractivity contribution in [3.8, 4) is 22.7 Å². The molecule has 7 nitrogen and oxygen atoms in total. The minimum atomic E-state index is -0.970. The molecule has 8 heteroatoms. The Morgan fingerprint density at radius 3 is 2.83 bits per heavy atom. The van der Waals surface area contributed by atoms with Gasteiger partial charge in [0.25, 0.3) is 0 Å². The highest BCUT2D eigenvalue weighted by Gasteiger charge is 2.51. The molecule has 2 bridgehead atoms. The van der Waals surface area contributed by atoms with Gasteiger partial charge in [0, 0.05) is 42.7 Å². The zero-order valence-corrected chi connectivity index (χ0v) is 17.0. The summed E-state index contributed by atoms with van der Waals surface area (Å²) >= 11 is 0. The first-order valence-corrected chi connectivity index (χ1v) is 10.2. The molecule has 4 atom stereocenters. The molecule has 1 aromatic carbocycles. The van der Waals surface area contributed by atoms with E-state index < -0.39 is 11.7 Å². The van der Waals surface area contributed by atoms with Crippen molar-refractivity contribution in [2.24, 2.45) is 0 Å².